The third-order valence-corrected chi connectivity index (χ3v) is 4.44. The molecule has 0 bridgehead atoms. The topological polar surface area (TPSA) is 43.3 Å². The van der Waals surface area contributed by atoms with Gasteiger partial charge in [0.05, 0.1) is 7.11 Å². The van der Waals surface area contributed by atoms with Crippen molar-refractivity contribution in [3.8, 4) is 5.75 Å². The number of rotatable bonds is 5. The molecule has 0 spiro atoms. The first-order valence-corrected chi connectivity index (χ1v) is 8.48. The Hall–Kier alpha value is -2.33. The number of hydrogen-bond donors (Lipinski definition) is 1. The second kappa shape index (κ2) is 7.97. The molecule has 0 radical (unpaired) electrons. The lowest BCUT2D eigenvalue weighted by molar-refractivity contribution is 0.334. The summed E-state index contributed by atoms with van der Waals surface area (Å²) in [4.78, 5) is 12.3. The number of methoxy groups -OCH3 is 1. The number of nitrogens with zero attached hydrogens (tertiary/aromatic N) is 1. The molecule has 1 fully saturated rings. The number of hydrogen-bond acceptors (Lipinski definition) is 3. The maximum atomic E-state index is 12.3. The average molecular weight is 324 g/mol. The lowest BCUT2D eigenvalue weighted by Crippen LogP contribution is -2.34. The summed E-state index contributed by atoms with van der Waals surface area (Å²) in [7, 11) is 1.66. The summed E-state index contributed by atoms with van der Waals surface area (Å²) in [5, 5.41) is 3.40. The molecule has 1 aromatic carbocycles. The fourth-order valence-corrected chi connectivity index (χ4v) is 3.07. The summed E-state index contributed by atoms with van der Waals surface area (Å²) in [6, 6.07) is 11.5. The molecule has 24 heavy (non-hydrogen) atoms. The van der Waals surface area contributed by atoms with Crippen molar-refractivity contribution in [2.24, 2.45) is 5.92 Å². The van der Waals surface area contributed by atoms with Gasteiger partial charge in [-0.05, 0) is 61.2 Å². The van der Waals surface area contributed by atoms with Crippen molar-refractivity contribution >= 4 is 12.2 Å². The van der Waals surface area contributed by atoms with Gasteiger partial charge in [0.25, 0.3) is 5.56 Å². The van der Waals surface area contributed by atoms with Crippen molar-refractivity contribution < 1.29 is 4.74 Å². The van der Waals surface area contributed by atoms with E-state index in [1.807, 2.05) is 53.2 Å². The van der Waals surface area contributed by atoms with E-state index >= 15 is 0 Å². The third-order valence-electron chi connectivity index (χ3n) is 4.44. The second-order valence-corrected chi connectivity index (χ2v) is 6.27. The normalized spacial score (nSPS) is 18.0. The smallest absolute Gasteiger partial charge is 0.251 e. The minimum Gasteiger partial charge on any atom is -0.497 e. The van der Waals surface area contributed by atoms with Gasteiger partial charge in [0.2, 0.25) is 0 Å². The Kier molecular flexibility index (Phi) is 5.49. The van der Waals surface area contributed by atoms with E-state index in [9.17, 15) is 4.79 Å². The van der Waals surface area contributed by atoms with Gasteiger partial charge in [-0.15, -0.1) is 0 Å². The lowest BCUT2D eigenvalue weighted by Gasteiger charge is -2.23. The first-order chi connectivity index (χ1) is 11.7. The Morgan fingerprint density at radius 2 is 2.08 bits per heavy atom. The number of piperidine rings is 1. The third kappa shape index (κ3) is 4.36. The van der Waals surface area contributed by atoms with Gasteiger partial charge in [-0.2, -0.15) is 0 Å². The molecule has 1 atom stereocenters. The van der Waals surface area contributed by atoms with Crippen molar-refractivity contribution in [2.45, 2.75) is 19.4 Å². The highest BCUT2D eigenvalue weighted by Crippen LogP contribution is 2.15. The fourth-order valence-electron chi connectivity index (χ4n) is 3.07. The molecule has 2 aromatic rings. The van der Waals surface area contributed by atoms with Gasteiger partial charge >= 0.3 is 0 Å². The van der Waals surface area contributed by atoms with Crippen molar-refractivity contribution in [2.75, 3.05) is 20.2 Å². The number of aromatic nitrogens is 1. The molecular formula is C20H24N2O2. The van der Waals surface area contributed by atoms with Crippen molar-refractivity contribution in [1.82, 2.24) is 9.88 Å². The summed E-state index contributed by atoms with van der Waals surface area (Å²) in [5.41, 5.74) is 2.03. The van der Waals surface area contributed by atoms with E-state index in [2.05, 4.69) is 5.32 Å². The predicted molar refractivity (Wildman–Crippen MR) is 98.2 cm³/mol. The fraction of sp³-hybridized carbons (Fsp3) is 0.350. The molecule has 0 aliphatic carbocycles. The summed E-state index contributed by atoms with van der Waals surface area (Å²) < 4.78 is 7.04. The predicted octanol–water partition coefficient (Wildman–Crippen LogP) is 3.03. The maximum absolute atomic E-state index is 12.3. The van der Waals surface area contributed by atoms with Crippen molar-refractivity contribution in [3.05, 3.63) is 64.1 Å². The zero-order valence-corrected chi connectivity index (χ0v) is 14.1. The molecule has 1 N–H and O–H groups in total. The Morgan fingerprint density at radius 3 is 2.79 bits per heavy atom. The van der Waals surface area contributed by atoms with Crippen LogP contribution in [0.5, 0.6) is 5.75 Å². The zero-order valence-electron chi connectivity index (χ0n) is 14.1. The van der Waals surface area contributed by atoms with E-state index in [0.29, 0.717) is 5.92 Å². The highest BCUT2D eigenvalue weighted by atomic mass is 16.5. The van der Waals surface area contributed by atoms with Crippen LogP contribution in [0.15, 0.2) is 47.4 Å². The maximum Gasteiger partial charge on any atom is 0.251 e. The molecule has 1 aliphatic rings. The monoisotopic (exact) mass is 324 g/mol. The van der Waals surface area contributed by atoms with E-state index in [-0.39, 0.29) is 5.56 Å². The van der Waals surface area contributed by atoms with Crippen molar-refractivity contribution in [1.29, 1.82) is 0 Å². The van der Waals surface area contributed by atoms with E-state index in [4.69, 9.17) is 4.74 Å². The zero-order chi connectivity index (χ0) is 16.8. The highest BCUT2D eigenvalue weighted by molar-refractivity contribution is 5.69. The Morgan fingerprint density at radius 1 is 1.25 bits per heavy atom. The van der Waals surface area contributed by atoms with Crippen LogP contribution in [0.25, 0.3) is 12.2 Å². The van der Waals surface area contributed by atoms with Crippen LogP contribution in [0.4, 0.5) is 0 Å². The van der Waals surface area contributed by atoms with Gasteiger partial charge in [-0.3, -0.25) is 4.79 Å². The largest absolute Gasteiger partial charge is 0.497 e. The second-order valence-electron chi connectivity index (χ2n) is 6.27. The van der Waals surface area contributed by atoms with Gasteiger partial charge in [-0.1, -0.05) is 24.3 Å². The van der Waals surface area contributed by atoms with Gasteiger partial charge in [0, 0.05) is 18.8 Å². The summed E-state index contributed by atoms with van der Waals surface area (Å²) in [6.07, 6.45) is 8.25. The molecule has 1 unspecified atom stereocenters. The van der Waals surface area contributed by atoms with Gasteiger partial charge in [0.15, 0.2) is 0 Å². The molecule has 126 valence electrons. The quantitative estimate of drug-likeness (QED) is 0.919. The molecule has 1 aliphatic heterocycles. The first-order valence-electron chi connectivity index (χ1n) is 8.48. The number of benzene rings is 1. The van der Waals surface area contributed by atoms with Crippen LogP contribution in [0.1, 0.15) is 24.0 Å². The van der Waals surface area contributed by atoms with Gasteiger partial charge in [-0.25, -0.2) is 0 Å². The molecule has 3 rings (SSSR count). The van der Waals surface area contributed by atoms with E-state index in [0.717, 1.165) is 36.5 Å². The Balaban J connectivity index is 1.69. The summed E-state index contributed by atoms with van der Waals surface area (Å²) >= 11 is 0. The number of nitrogens with one attached hydrogen (secondary N) is 1. The van der Waals surface area contributed by atoms with Crippen molar-refractivity contribution in [3.63, 3.8) is 0 Å². The van der Waals surface area contributed by atoms with Crippen LogP contribution >= 0.6 is 0 Å². The summed E-state index contributed by atoms with van der Waals surface area (Å²) in [6.45, 7) is 2.90. The minimum absolute atomic E-state index is 0.0633. The van der Waals surface area contributed by atoms with Crippen LogP contribution < -0.4 is 15.6 Å². The minimum atomic E-state index is 0.0633. The van der Waals surface area contributed by atoms with Gasteiger partial charge in [0.1, 0.15) is 5.75 Å². The molecule has 0 saturated carbocycles. The standard InChI is InChI=1S/C20H24N2O2/c1-24-19-6-2-4-16(12-19)7-8-17-9-11-22(20(23)13-17)15-18-5-3-10-21-14-18/h2,4,6-9,11-13,18,21H,3,5,10,14-15H2,1H3/b8-7+. The Labute approximate surface area is 142 Å². The van der Waals surface area contributed by atoms with Crippen LogP contribution in [0.3, 0.4) is 0 Å². The highest BCUT2D eigenvalue weighted by Gasteiger charge is 2.13. The van der Waals surface area contributed by atoms with E-state index < -0.39 is 0 Å². The van der Waals surface area contributed by atoms with Crippen LogP contribution in [0.2, 0.25) is 0 Å². The molecule has 1 saturated heterocycles. The number of ether oxygens (including phenoxy) is 1. The number of pyridine rings is 1. The van der Waals surface area contributed by atoms with E-state index in [1.165, 1.54) is 12.8 Å². The Bertz CT molecular complexity index is 758. The van der Waals surface area contributed by atoms with Gasteiger partial charge < -0.3 is 14.6 Å². The lowest BCUT2D eigenvalue weighted by atomic mass is 9.99. The summed E-state index contributed by atoms with van der Waals surface area (Å²) in [5.74, 6) is 1.38. The molecule has 4 nitrogen and oxygen atoms in total. The molecular weight excluding hydrogens is 300 g/mol. The molecule has 2 heterocycles. The van der Waals surface area contributed by atoms with Crippen LogP contribution in [-0.4, -0.2) is 24.8 Å². The first kappa shape index (κ1) is 16.5. The SMILES string of the molecule is COc1cccc(/C=C/c2ccn(CC3CCCNC3)c(=O)c2)c1. The van der Waals surface area contributed by atoms with Crippen LogP contribution in [-0.2, 0) is 6.54 Å². The molecule has 4 heteroatoms. The molecule has 1 aromatic heterocycles. The molecule has 0 amide bonds. The van der Waals surface area contributed by atoms with Crippen LogP contribution in [0, 0.1) is 5.92 Å². The average Bonchev–Trinajstić information content (AvgIpc) is 2.63. The van der Waals surface area contributed by atoms with E-state index in [1.54, 1.807) is 13.2 Å².